The number of hydrogen-bond acceptors (Lipinski definition) is 2. The molecule has 1 aliphatic carbocycles. The van der Waals surface area contributed by atoms with Crippen molar-refractivity contribution in [3.63, 3.8) is 0 Å². The molecule has 1 unspecified atom stereocenters. The van der Waals surface area contributed by atoms with Gasteiger partial charge < -0.3 is 10.2 Å². The van der Waals surface area contributed by atoms with Crippen LogP contribution in [0, 0.1) is 11.7 Å². The average molecular weight is 355 g/mol. The highest BCUT2D eigenvalue weighted by molar-refractivity contribution is 9.10. The molecule has 6 heteroatoms. The zero-order chi connectivity index (χ0) is 15.0. The number of rotatable bonds is 3. The Labute approximate surface area is 130 Å². The van der Waals surface area contributed by atoms with Gasteiger partial charge in [0, 0.05) is 24.0 Å². The van der Waals surface area contributed by atoms with Crippen molar-refractivity contribution in [1.29, 1.82) is 0 Å². The molecule has 2 amide bonds. The summed E-state index contributed by atoms with van der Waals surface area (Å²) in [5.41, 5.74) is 0.841. The van der Waals surface area contributed by atoms with Crippen LogP contribution in [-0.4, -0.2) is 29.3 Å². The van der Waals surface area contributed by atoms with Crippen LogP contribution < -0.4 is 5.32 Å². The van der Waals surface area contributed by atoms with Gasteiger partial charge in [-0.05, 0) is 36.5 Å². The Hall–Kier alpha value is -1.43. The summed E-state index contributed by atoms with van der Waals surface area (Å²) in [4.78, 5) is 26.0. The Bertz CT molecular complexity index is 589. The average Bonchev–Trinajstić information content (AvgIpc) is 3.26. The quantitative estimate of drug-likeness (QED) is 0.904. The summed E-state index contributed by atoms with van der Waals surface area (Å²) in [6, 6.07) is 4.04. The first kappa shape index (κ1) is 14.5. The Kier molecular flexibility index (Phi) is 3.97. The second-order valence-electron chi connectivity index (χ2n) is 5.63. The Morgan fingerprint density at radius 1 is 1.33 bits per heavy atom. The molecule has 2 fully saturated rings. The molecule has 0 radical (unpaired) electrons. The number of carbonyl (C=O) groups excluding carboxylic acids is 2. The third-order valence-electron chi connectivity index (χ3n) is 3.97. The maximum atomic E-state index is 13.1. The van der Waals surface area contributed by atoms with Crippen LogP contribution in [0.5, 0.6) is 0 Å². The van der Waals surface area contributed by atoms with Crippen LogP contribution in [0.3, 0.4) is 0 Å². The van der Waals surface area contributed by atoms with Gasteiger partial charge in [0.25, 0.3) is 0 Å². The predicted octanol–water partition coefficient (Wildman–Crippen LogP) is 2.22. The zero-order valence-electron chi connectivity index (χ0n) is 11.4. The molecule has 3 rings (SSSR count). The van der Waals surface area contributed by atoms with Gasteiger partial charge in [-0.2, -0.15) is 0 Å². The molecule has 0 bridgehead atoms. The van der Waals surface area contributed by atoms with Crippen LogP contribution >= 0.6 is 15.9 Å². The summed E-state index contributed by atoms with van der Waals surface area (Å²) in [7, 11) is 0. The summed E-state index contributed by atoms with van der Waals surface area (Å²) in [5, 5.41) is 2.83. The number of nitrogens with zero attached hydrogens (tertiary/aromatic N) is 1. The van der Waals surface area contributed by atoms with Gasteiger partial charge in [-0.15, -0.1) is 0 Å². The topological polar surface area (TPSA) is 49.4 Å². The van der Waals surface area contributed by atoms with Crippen LogP contribution in [-0.2, 0) is 16.1 Å². The summed E-state index contributed by atoms with van der Waals surface area (Å²) in [6.07, 6.45) is 2.29. The normalized spacial score (nSPS) is 23.0. The fraction of sp³-hybridized carbons (Fsp3) is 0.467. The number of carbonyl (C=O) groups is 2. The van der Waals surface area contributed by atoms with E-state index in [0.29, 0.717) is 24.0 Å². The molecule has 1 heterocycles. The van der Waals surface area contributed by atoms with Crippen molar-refractivity contribution in [2.45, 2.75) is 31.8 Å². The van der Waals surface area contributed by atoms with Crippen LogP contribution in [0.4, 0.5) is 4.39 Å². The van der Waals surface area contributed by atoms with E-state index in [2.05, 4.69) is 21.2 Å². The van der Waals surface area contributed by atoms with Crippen molar-refractivity contribution in [3.8, 4) is 0 Å². The molecule has 112 valence electrons. The fourth-order valence-electron chi connectivity index (χ4n) is 2.61. The molecule has 4 nitrogen and oxygen atoms in total. The predicted molar refractivity (Wildman–Crippen MR) is 78.8 cm³/mol. The van der Waals surface area contributed by atoms with E-state index in [1.165, 1.54) is 12.1 Å². The summed E-state index contributed by atoms with van der Waals surface area (Å²) >= 11 is 3.32. The Morgan fingerprint density at radius 3 is 2.76 bits per heavy atom. The molecule has 1 saturated carbocycles. The van der Waals surface area contributed by atoms with Gasteiger partial charge in [0.15, 0.2) is 0 Å². The van der Waals surface area contributed by atoms with E-state index in [1.807, 2.05) is 0 Å². The van der Waals surface area contributed by atoms with E-state index in [-0.39, 0.29) is 29.6 Å². The van der Waals surface area contributed by atoms with E-state index in [0.717, 1.165) is 18.4 Å². The number of hydrogen-bond donors (Lipinski definition) is 1. The molecule has 1 aromatic rings. The first-order chi connectivity index (χ1) is 10.0. The first-order valence-corrected chi connectivity index (χ1v) is 7.86. The minimum absolute atomic E-state index is 0.0282. The van der Waals surface area contributed by atoms with Crippen molar-refractivity contribution in [2.24, 2.45) is 5.92 Å². The lowest BCUT2D eigenvalue weighted by Crippen LogP contribution is -2.45. The highest BCUT2D eigenvalue weighted by Gasteiger charge is 2.40. The number of amides is 2. The molecule has 1 aliphatic heterocycles. The standard InChI is InChI=1S/C15H16BrFN2O2/c16-12-7-11(17)4-3-10(12)8-19-6-5-13(20)18-14(15(19)21)9-1-2-9/h3-4,7,9,14H,1-2,5-6,8H2,(H,18,20). The lowest BCUT2D eigenvalue weighted by molar-refractivity contribution is -0.134. The van der Waals surface area contributed by atoms with E-state index >= 15 is 0 Å². The van der Waals surface area contributed by atoms with Gasteiger partial charge in [0.2, 0.25) is 11.8 Å². The monoisotopic (exact) mass is 354 g/mol. The largest absolute Gasteiger partial charge is 0.344 e. The summed E-state index contributed by atoms with van der Waals surface area (Å²) in [6.45, 7) is 0.787. The number of nitrogens with one attached hydrogen (secondary N) is 1. The number of benzene rings is 1. The minimum atomic E-state index is -0.390. The van der Waals surface area contributed by atoms with E-state index in [9.17, 15) is 14.0 Å². The maximum Gasteiger partial charge on any atom is 0.245 e. The molecule has 1 N–H and O–H groups in total. The maximum absolute atomic E-state index is 13.1. The lowest BCUT2D eigenvalue weighted by Gasteiger charge is -2.24. The van der Waals surface area contributed by atoms with Crippen molar-refractivity contribution in [2.75, 3.05) is 6.54 Å². The van der Waals surface area contributed by atoms with Crippen LogP contribution in [0.25, 0.3) is 0 Å². The first-order valence-electron chi connectivity index (χ1n) is 7.06. The molecule has 21 heavy (non-hydrogen) atoms. The molecule has 1 saturated heterocycles. The van der Waals surface area contributed by atoms with Gasteiger partial charge in [-0.1, -0.05) is 22.0 Å². The highest BCUT2D eigenvalue weighted by atomic mass is 79.9. The third kappa shape index (κ3) is 3.26. The van der Waals surface area contributed by atoms with Crippen LogP contribution in [0.1, 0.15) is 24.8 Å². The summed E-state index contributed by atoms with van der Waals surface area (Å²) in [5.74, 6) is -0.139. The van der Waals surface area contributed by atoms with E-state index in [1.54, 1.807) is 11.0 Å². The van der Waals surface area contributed by atoms with Crippen molar-refractivity contribution in [1.82, 2.24) is 10.2 Å². The third-order valence-corrected chi connectivity index (χ3v) is 4.71. The van der Waals surface area contributed by atoms with Gasteiger partial charge in [0.1, 0.15) is 11.9 Å². The molecule has 1 aromatic carbocycles. The minimum Gasteiger partial charge on any atom is -0.344 e. The van der Waals surface area contributed by atoms with Crippen molar-refractivity contribution in [3.05, 3.63) is 34.1 Å². The van der Waals surface area contributed by atoms with E-state index in [4.69, 9.17) is 0 Å². The van der Waals surface area contributed by atoms with Gasteiger partial charge in [-0.25, -0.2) is 4.39 Å². The SMILES string of the molecule is O=C1CCN(Cc2ccc(F)cc2Br)C(=O)C(C2CC2)N1. The summed E-state index contributed by atoms with van der Waals surface area (Å²) < 4.78 is 13.8. The molecular formula is C15H16BrFN2O2. The van der Waals surface area contributed by atoms with Crippen LogP contribution in [0.2, 0.25) is 0 Å². The highest BCUT2D eigenvalue weighted by Crippen LogP contribution is 2.34. The Balaban J connectivity index is 1.79. The Morgan fingerprint density at radius 2 is 2.10 bits per heavy atom. The second kappa shape index (κ2) is 5.75. The van der Waals surface area contributed by atoms with Crippen molar-refractivity contribution < 1.29 is 14.0 Å². The van der Waals surface area contributed by atoms with Crippen molar-refractivity contribution >= 4 is 27.7 Å². The molecule has 0 spiro atoms. The molecule has 0 aromatic heterocycles. The number of halogens is 2. The smallest absolute Gasteiger partial charge is 0.245 e. The van der Waals surface area contributed by atoms with Crippen LogP contribution in [0.15, 0.2) is 22.7 Å². The van der Waals surface area contributed by atoms with Gasteiger partial charge in [-0.3, -0.25) is 9.59 Å². The zero-order valence-corrected chi connectivity index (χ0v) is 13.0. The van der Waals surface area contributed by atoms with Gasteiger partial charge in [0.05, 0.1) is 0 Å². The fourth-order valence-corrected chi connectivity index (χ4v) is 3.09. The molecular weight excluding hydrogens is 339 g/mol. The molecule has 1 atom stereocenters. The van der Waals surface area contributed by atoms with E-state index < -0.39 is 0 Å². The second-order valence-corrected chi connectivity index (χ2v) is 6.48. The van der Waals surface area contributed by atoms with Gasteiger partial charge >= 0.3 is 0 Å². The lowest BCUT2D eigenvalue weighted by atomic mass is 10.1. The molecule has 2 aliphatic rings.